The summed E-state index contributed by atoms with van der Waals surface area (Å²) in [7, 11) is 1.37. The molecule has 0 aliphatic carbocycles. The third kappa shape index (κ3) is 3.81. The quantitative estimate of drug-likeness (QED) is 0.699. The van der Waals surface area contributed by atoms with Crippen molar-refractivity contribution in [1.82, 2.24) is 9.97 Å². The Balaban J connectivity index is 1.57. The van der Waals surface area contributed by atoms with E-state index in [1.54, 1.807) is 12.1 Å². The van der Waals surface area contributed by atoms with Crippen LogP contribution in [0.15, 0.2) is 54.6 Å². The number of aryl methyl sites for hydroxylation is 1. The molecule has 1 aromatic heterocycles. The lowest BCUT2D eigenvalue weighted by atomic mass is 10.0. The van der Waals surface area contributed by atoms with E-state index in [4.69, 9.17) is 9.72 Å². The van der Waals surface area contributed by atoms with E-state index >= 15 is 0 Å². The standard InChI is InChI=1S/C22H22N4O2/c1-15-12-20(24-19-9-5-8-17(13-19)21(27)28-2)25-22(23-15)26-11-10-16-6-3-4-7-18(16)14-26/h3-9,12-13H,10-11,14H2,1-2H3,(H,23,24,25). The number of carbonyl (C=O) groups is 1. The largest absolute Gasteiger partial charge is 0.465 e. The summed E-state index contributed by atoms with van der Waals surface area (Å²) in [6, 6.07) is 17.6. The molecule has 0 bridgehead atoms. The van der Waals surface area contributed by atoms with E-state index in [-0.39, 0.29) is 5.97 Å². The van der Waals surface area contributed by atoms with Crippen LogP contribution in [0.3, 0.4) is 0 Å². The van der Waals surface area contributed by atoms with Crippen LogP contribution in [0.25, 0.3) is 0 Å². The fraction of sp³-hybridized carbons (Fsp3) is 0.227. The Morgan fingerprint density at radius 2 is 1.89 bits per heavy atom. The number of ether oxygens (including phenoxy) is 1. The second-order valence-corrected chi connectivity index (χ2v) is 6.83. The first-order valence-electron chi connectivity index (χ1n) is 9.25. The van der Waals surface area contributed by atoms with E-state index in [9.17, 15) is 4.79 Å². The smallest absolute Gasteiger partial charge is 0.337 e. The average molecular weight is 374 g/mol. The van der Waals surface area contributed by atoms with Crippen LogP contribution < -0.4 is 10.2 Å². The van der Waals surface area contributed by atoms with E-state index in [1.807, 2.05) is 25.1 Å². The first-order chi connectivity index (χ1) is 13.6. The van der Waals surface area contributed by atoms with E-state index in [0.717, 1.165) is 30.9 Å². The zero-order valence-corrected chi connectivity index (χ0v) is 16.0. The number of hydrogen-bond acceptors (Lipinski definition) is 6. The van der Waals surface area contributed by atoms with Gasteiger partial charge in [0, 0.05) is 30.5 Å². The molecule has 3 aromatic rings. The van der Waals surface area contributed by atoms with Gasteiger partial charge in [-0.1, -0.05) is 30.3 Å². The molecule has 0 fully saturated rings. The highest BCUT2D eigenvalue weighted by molar-refractivity contribution is 5.90. The number of fused-ring (bicyclic) bond motifs is 1. The molecule has 6 heteroatoms. The van der Waals surface area contributed by atoms with Crippen molar-refractivity contribution in [1.29, 1.82) is 0 Å². The highest BCUT2D eigenvalue weighted by Crippen LogP contribution is 2.24. The summed E-state index contributed by atoms with van der Waals surface area (Å²) in [5, 5.41) is 3.28. The van der Waals surface area contributed by atoms with Gasteiger partial charge in [0.05, 0.1) is 12.7 Å². The van der Waals surface area contributed by atoms with Crippen LogP contribution in [-0.4, -0.2) is 29.6 Å². The number of carbonyl (C=O) groups excluding carboxylic acids is 1. The predicted octanol–water partition coefficient (Wildman–Crippen LogP) is 3.88. The maximum atomic E-state index is 11.8. The minimum absolute atomic E-state index is 0.366. The number of aromatic nitrogens is 2. The molecule has 0 unspecified atom stereocenters. The lowest BCUT2D eigenvalue weighted by Gasteiger charge is -2.29. The van der Waals surface area contributed by atoms with Gasteiger partial charge < -0.3 is 15.0 Å². The Labute approximate surface area is 164 Å². The number of anilines is 3. The summed E-state index contributed by atoms with van der Waals surface area (Å²) in [5.74, 6) is 1.04. The Morgan fingerprint density at radius 1 is 1.07 bits per heavy atom. The molecule has 0 saturated carbocycles. The maximum Gasteiger partial charge on any atom is 0.337 e. The summed E-state index contributed by atoms with van der Waals surface area (Å²) in [4.78, 5) is 23.3. The van der Waals surface area contributed by atoms with Gasteiger partial charge in [0.2, 0.25) is 5.95 Å². The third-order valence-corrected chi connectivity index (χ3v) is 4.81. The molecule has 0 saturated heterocycles. The molecule has 1 aliphatic rings. The average Bonchev–Trinajstić information content (AvgIpc) is 2.72. The number of hydrogen-bond donors (Lipinski definition) is 1. The number of esters is 1. The highest BCUT2D eigenvalue weighted by atomic mass is 16.5. The van der Waals surface area contributed by atoms with Crippen molar-refractivity contribution < 1.29 is 9.53 Å². The Morgan fingerprint density at radius 3 is 2.71 bits per heavy atom. The summed E-state index contributed by atoms with van der Waals surface area (Å²) >= 11 is 0. The predicted molar refractivity (Wildman–Crippen MR) is 109 cm³/mol. The van der Waals surface area contributed by atoms with Crippen molar-refractivity contribution in [3.8, 4) is 0 Å². The van der Waals surface area contributed by atoms with Crippen LogP contribution in [-0.2, 0) is 17.7 Å². The number of rotatable bonds is 4. The Kier molecular flexibility index (Phi) is 4.93. The number of nitrogens with zero attached hydrogens (tertiary/aromatic N) is 3. The molecule has 0 atom stereocenters. The van der Waals surface area contributed by atoms with Gasteiger partial charge >= 0.3 is 5.97 Å². The molecule has 28 heavy (non-hydrogen) atoms. The molecule has 142 valence electrons. The summed E-state index contributed by atoms with van der Waals surface area (Å²) < 4.78 is 4.79. The molecular formula is C22H22N4O2. The fourth-order valence-electron chi connectivity index (χ4n) is 3.41. The first-order valence-corrected chi connectivity index (χ1v) is 9.25. The Hall–Kier alpha value is -3.41. The summed E-state index contributed by atoms with van der Waals surface area (Å²) in [6.07, 6.45) is 0.984. The van der Waals surface area contributed by atoms with Crippen molar-refractivity contribution in [2.45, 2.75) is 19.9 Å². The van der Waals surface area contributed by atoms with Crippen molar-refractivity contribution in [2.75, 3.05) is 23.9 Å². The molecule has 0 spiro atoms. The van der Waals surface area contributed by atoms with Gasteiger partial charge in [0.25, 0.3) is 0 Å². The van der Waals surface area contributed by atoms with Crippen LogP contribution in [0.2, 0.25) is 0 Å². The van der Waals surface area contributed by atoms with Crippen molar-refractivity contribution in [3.63, 3.8) is 0 Å². The molecule has 2 heterocycles. The zero-order valence-electron chi connectivity index (χ0n) is 16.0. The zero-order chi connectivity index (χ0) is 19.5. The maximum absolute atomic E-state index is 11.8. The second-order valence-electron chi connectivity index (χ2n) is 6.83. The van der Waals surface area contributed by atoms with Crippen LogP contribution >= 0.6 is 0 Å². The van der Waals surface area contributed by atoms with Gasteiger partial charge in [-0.25, -0.2) is 9.78 Å². The van der Waals surface area contributed by atoms with Crippen molar-refractivity contribution >= 4 is 23.4 Å². The van der Waals surface area contributed by atoms with E-state index in [0.29, 0.717) is 17.3 Å². The second kappa shape index (κ2) is 7.68. The number of benzene rings is 2. The minimum atomic E-state index is -0.366. The lowest BCUT2D eigenvalue weighted by Crippen LogP contribution is -2.32. The van der Waals surface area contributed by atoms with E-state index in [2.05, 4.69) is 39.5 Å². The van der Waals surface area contributed by atoms with E-state index < -0.39 is 0 Å². The van der Waals surface area contributed by atoms with Gasteiger partial charge in [-0.3, -0.25) is 0 Å². The molecule has 6 nitrogen and oxygen atoms in total. The first kappa shape index (κ1) is 18.0. The molecule has 4 rings (SSSR count). The normalized spacial score (nSPS) is 13.0. The van der Waals surface area contributed by atoms with Gasteiger partial charge in [-0.2, -0.15) is 4.98 Å². The van der Waals surface area contributed by atoms with Crippen LogP contribution in [0.1, 0.15) is 27.2 Å². The summed E-state index contributed by atoms with van der Waals surface area (Å²) in [6.45, 7) is 3.65. The number of methoxy groups -OCH3 is 1. The lowest BCUT2D eigenvalue weighted by molar-refractivity contribution is 0.0601. The fourth-order valence-corrected chi connectivity index (χ4v) is 3.41. The van der Waals surface area contributed by atoms with Crippen LogP contribution in [0, 0.1) is 6.92 Å². The molecular weight excluding hydrogens is 352 g/mol. The minimum Gasteiger partial charge on any atom is -0.465 e. The molecule has 0 radical (unpaired) electrons. The van der Waals surface area contributed by atoms with Gasteiger partial charge in [-0.05, 0) is 42.7 Å². The van der Waals surface area contributed by atoms with Crippen molar-refractivity contribution in [2.24, 2.45) is 0 Å². The monoisotopic (exact) mass is 374 g/mol. The Bertz CT molecular complexity index is 1020. The summed E-state index contributed by atoms with van der Waals surface area (Å²) in [5.41, 5.74) is 4.86. The van der Waals surface area contributed by atoms with Gasteiger partial charge in [0.15, 0.2) is 0 Å². The highest BCUT2D eigenvalue weighted by Gasteiger charge is 2.19. The topological polar surface area (TPSA) is 67.3 Å². The SMILES string of the molecule is COC(=O)c1cccc(Nc2cc(C)nc(N3CCc4ccccc4C3)n2)c1. The molecule has 0 amide bonds. The van der Waals surface area contributed by atoms with Gasteiger partial charge in [0.1, 0.15) is 5.82 Å². The molecule has 1 N–H and O–H groups in total. The van der Waals surface area contributed by atoms with Crippen molar-refractivity contribution in [3.05, 3.63) is 77.0 Å². The van der Waals surface area contributed by atoms with Crippen LogP contribution in [0.5, 0.6) is 0 Å². The molecule has 2 aromatic carbocycles. The number of nitrogens with one attached hydrogen (secondary N) is 1. The van der Waals surface area contributed by atoms with E-state index in [1.165, 1.54) is 18.2 Å². The van der Waals surface area contributed by atoms with Gasteiger partial charge in [-0.15, -0.1) is 0 Å². The molecule has 1 aliphatic heterocycles. The van der Waals surface area contributed by atoms with Crippen LogP contribution in [0.4, 0.5) is 17.5 Å². The third-order valence-electron chi connectivity index (χ3n) is 4.81.